The highest BCUT2D eigenvalue weighted by molar-refractivity contribution is 9.10. The van der Waals surface area contributed by atoms with Gasteiger partial charge in [-0.3, -0.25) is 0 Å². The van der Waals surface area contributed by atoms with Crippen LogP contribution in [0.3, 0.4) is 0 Å². The van der Waals surface area contributed by atoms with E-state index in [9.17, 15) is 0 Å². The summed E-state index contributed by atoms with van der Waals surface area (Å²) in [6, 6.07) is 9.59. The van der Waals surface area contributed by atoms with Crippen LogP contribution in [-0.4, -0.2) is 9.97 Å². The van der Waals surface area contributed by atoms with Crippen molar-refractivity contribution in [3.05, 3.63) is 40.6 Å². The molecule has 1 aromatic carbocycles. The van der Waals surface area contributed by atoms with E-state index in [0.29, 0.717) is 11.6 Å². The van der Waals surface area contributed by atoms with Gasteiger partial charge in [0.2, 0.25) is 0 Å². The van der Waals surface area contributed by atoms with Gasteiger partial charge in [-0.25, -0.2) is 9.97 Å². The summed E-state index contributed by atoms with van der Waals surface area (Å²) >= 11 is 3.42. The average Bonchev–Trinajstić information content (AvgIpc) is 2.28. The molecule has 0 fully saturated rings. The van der Waals surface area contributed by atoms with E-state index in [1.54, 1.807) is 6.07 Å². The van der Waals surface area contributed by atoms with Crippen molar-refractivity contribution in [1.82, 2.24) is 9.97 Å². The SMILES string of the molecule is CCc1nc(N)cc(Nc2cccc(Br)c2)n1. The first-order chi connectivity index (χ1) is 8.17. The fourth-order valence-electron chi connectivity index (χ4n) is 1.45. The van der Waals surface area contributed by atoms with Crippen molar-refractivity contribution >= 4 is 33.3 Å². The molecule has 0 aliphatic carbocycles. The van der Waals surface area contributed by atoms with E-state index in [1.165, 1.54) is 0 Å². The molecular formula is C12H13BrN4. The Hall–Kier alpha value is -1.62. The van der Waals surface area contributed by atoms with E-state index in [0.717, 1.165) is 22.4 Å². The lowest BCUT2D eigenvalue weighted by molar-refractivity contribution is 0.948. The Morgan fingerprint density at radius 3 is 2.82 bits per heavy atom. The Morgan fingerprint density at radius 2 is 2.12 bits per heavy atom. The third-order valence-electron chi connectivity index (χ3n) is 2.21. The molecule has 0 amide bonds. The van der Waals surface area contributed by atoms with Crippen LogP contribution in [0.15, 0.2) is 34.8 Å². The molecular weight excluding hydrogens is 280 g/mol. The number of hydrogen-bond donors (Lipinski definition) is 2. The second kappa shape index (κ2) is 5.14. The smallest absolute Gasteiger partial charge is 0.136 e. The number of nitrogens with one attached hydrogen (secondary N) is 1. The van der Waals surface area contributed by atoms with Crippen molar-refractivity contribution in [1.29, 1.82) is 0 Å². The molecule has 3 N–H and O–H groups in total. The highest BCUT2D eigenvalue weighted by Crippen LogP contribution is 2.20. The maximum absolute atomic E-state index is 5.72. The normalized spacial score (nSPS) is 10.2. The summed E-state index contributed by atoms with van der Waals surface area (Å²) in [5, 5.41) is 3.20. The lowest BCUT2D eigenvalue weighted by Crippen LogP contribution is -2.02. The standard InChI is InChI=1S/C12H13BrN4/c1-2-11-16-10(14)7-12(17-11)15-9-5-3-4-8(13)6-9/h3-7H,2H2,1H3,(H3,14,15,16,17). The molecule has 0 spiro atoms. The number of benzene rings is 1. The lowest BCUT2D eigenvalue weighted by atomic mass is 10.3. The van der Waals surface area contributed by atoms with Gasteiger partial charge in [-0.1, -0.05) is 28.9 Å². The molecule has 0 unspecified atom stereocenters. The summed E-state index contributed by atoms with van der Waals surface area (Å²) in [6.45, 7) is 2.00. The first-order valence-corrected chi connectivity index (χ1v) is 6.12. The summed E-state index contributed by atoms with van der Waals surface area (Å²) in [5.41, 5.74) is 6.68. The molecule has 0 saturated carbocycles. The maximum atomic E-state index is 5.72. The van der Waals surface area contributed by atoms with E-state index in [2.05, 4.69) is 31.2 Å². The van der Waals surface area contributed by atoms with Crippen molar-refractivity contribution in [2.75, 3.05) is 11.1 Å². The Balaban J connectivity index is 2.26. The monoisotopic (exact) mass is 292 g/mol. The largest absolute Gasteiger partial charge is 0.384 e. The zero-order chi connectivity index (χ0) is 12.3. The van der Waals surface area contributed by atoms with Crippen molar-refractivity contribution in [2.45, 2.75) is 13.3 Å². The molecule has 0 saturated heterocycles. The zero-order valence-electron chi connectivity index (χ0n) is 9.44. The van der Waals surface area contributed by atoms with Crippen molar-refractivity contribution in [3.8, 4) is 0 Å². The second-order valence-corrected chi connectivity index (χ2v) is 4.50. The van der Waals surface area contributed by atoms with Gasteiger partial charge < -0.3 is 11.1 Å². The number of anilines is 3. The van der Waals surface area contributed by atoms with Crippen LogP contribution >= 0.6 is 15.9 Å². The molecule has 0 bridgehead atoms. The van der Waals surface area contributed by atoms with Crippen LogP contribution < -0.4 is 11.1 Å². The molecule has 17 heavy (non-hydrogen) atoms. The van der Waals surface area contributed by atoms with Gasteiger partial charge in [0.25, 0.3) is 0 Å². The molecule has 1 heterocycles. The van der Waals surface area contributed by atoms with Gasteiger partial charge in [-0.05, 0) is 18.2 Å². The average molecular weight is 293 g/mol. The minimum absolute atomic E-state index is 0.481. The summed E-state index contributed by atoms with van der Waals surface area (Å²) in [6.07, 6.45) is 0.762. The Bertz CT molecular complexity index is 528. The quantitative estimate of drug-likeness (QED) is 0.912. The van der Waals surface area contributed by atoms with Gasteiger partial charge in [0, 0.05) is 22.6 Å². The van der Waals surface area contributed by atoms with Gasteiger partial charge in [-0.2, -0.15) is 0 Å². The number of nitrogens with zero attached hydrogens (tertiary/aromatic N) is 2. The molecule has 2 rings (SSSR count). The van der Waals surface area contributed by atoms with Crippen LogP contribution in [0.4, 0.5) is 17.3 Å². The number of hydrogen-bond acceptors (Lipinski definition) is 4. The number of nitrogen functional groups attached to an aromatic ring is 1. The Morgan fingerprint density at radius 1 is 1.29 bits per heavy atom. The fraction of sp³-hybridized carbons (Fsp3) is 0.167. The lowest BCUT2D eigenvalue weighted by Gasteiger charge is -2.07. The molecule has 2 aromatic rings. The fourth-order valence-corrected chi connectivity index (χ4v) is 1.85. The summed E-state index contributed by atoms with van der Waals surface area (Å²) < 4.78 is 1.01. The maximum Gasteiger partial charge on any atom is 0.136 e. The van der Waals surface area contributed by atoms with Crippen molar-refractivity contribution < 1.29 is 0 Å². The predicted molar refractivity (Wildman–Crippen MR) is 73.2 cm³/mol. The number of aromatic nitrogens is 2. The van der Waals surface area contributed by atoms with Crippen LogP contribution in [-0.2, 0) is 6.42 Å². The zero-order valence-corrected chi connectivity index (χ0v) is 11.0. The van der Waals surface area contributed by atoms with Gasteiger partial charge >= 0.3 is 0 Å². The molecule has 0 radical (unpaired) electrons. The third kappa shape index (κ3) is 3.17. The van der Waals surface area contributed by atoms with Crippen molar-refractivity contribution in [2.24, 2.45) is 0 Å². The van der Waals surface area contributed by atoms with Gasteiger partial charge in [0.05, 0.1) is 0 Å². The molecule has 0 atom stereocenters. The molecule has 5 heteroatoms. The number of aryl methyl sites for hydroxylation is 1. The molecule has 1 aromatic heterocycles. The van der Waals surface area contributed by atoms with Gasteiger partial charge in [0.15, 0.2) is 0 Å². The van der Waals surface area contributed by atoms with E-state index < -0.39 is 0 Å². The second-order valence-electron chi connectivity index (χ2n) is 3.58. The highest BCUT2D eigenvalue weighted by Gasteiger charge is 2.01. The Labute approximate surface area is 108 Å². The first-order valence-electron chi connectivity index (χ1n) is 5.33. The van der Waals surface area contributed by atoms with Crippen LogP contribution in [0.2, 0.25) is 0 Å². The molecule has 0 aliphatic heterocycles. The number of rotatable bonds is 3. The van der Waals surface area contributed by atoms with Gasteiger partial charge in [0.1, 0.15) is 17.5 Å². The minimum Gasteiger partial charge on any atom is -0.384 e. The van der Waals surface area contributed by atoms with Crippen molar-refractivity contribution in [3.63, 3.8) is 0 Å². The van der Waals surface area contributed by atoms with Crippen LogP contribution in [0.5, 0.6) is 0 Å². The van der Waals surface area contributed by atoms with Crippen LogP contribution in [0, 0.1) is 0 Å². The van der Waals surface area contributed by atoms with E-state index in [1.807, 2.05) is 31.2 Å². The molecule has 0 aliphatic rings. The minimum atomic E-state index is 0.481. The summed E-state index contributed by atoms with van der Waals surface area (Å²) in [5.74, 6) is 1.93. The third-order valence-corrected chi connectivity index (χ3v) is 2.70. The summed E-state index contributed by atoms with van der Waals surface area (Å²) in [4.78, 5) is 8.49. The molecule has 88 valence electrons. The highest BCUT2D eigenvalue weighted by atomic mass is 79.9. The number of halogens is 1. The molecule has 4 nitrogen and oxygen atoms in total. The van der Waals surface area contributed by atoms with Crippen LogP contribution in [0.1, 0.15) is 12.7 Å². The predicted octanol–water partition coefficient (Wildman–Crippen LogP) is 3.13. The number of nitrogens with two attached hydrogens (primary N) is 1. The first kappa shape index (κ1) is 11.9. The summed E-state index contributed by atoms with van der Waals surface area (Å²) in [7, 11) is 0. The van der Waals surface area contributed by atoms with E-state index in [4.69, 9.17) is 5.73 Å². The van der Waals surface area contributed by atoms with E-state index in [-0.39, 0.29) is 0 Å². The van der Waals surface area contributed by atoms with Gasteiger partial charge in [-0.15, -0.1) is 0 Å². The van der Waals surface area contributed by atoms with Crippen LogP contribution in [0.25, 0.3) is 0 Å². The van der Waals surface area contributed by atoms with E-state index >= 15 is 0 Å². The topological polar surface area (TPSA) is 63.8 Å². The Kier molecular flexibility index (Phi) is 3.58.